The average Bonchev–Trinajstić information content (AvgIpc) is 2.62. The highest BCUT2D eigenvalue weighted by molar-refractivity contribution is 7.99. The van der Waals surface area contributed by atoms with Crippen molar-refractivity contribution in [1.29, 1.82) is 0 Å². The number of rotatable bonds is 2. The lowest BCUT2D eigenvalue weighted by Gasteiger charge is -1.98. The summed E-state index contributed by atoms with van der Waals surface area (Å²) in [4.78, 5) is 10.8. The van der Waals surface area contributed by atoms with Gasteiger partial charge >= 0.3 is 6.09 Å². The van der Waals surface area contributed by atoms with E-state index >= 15 is 0 Å². The molecule has 0 bridgehead atoms. The van der Waals surface area contributed by atoms with Gasteiger partial charge in [0.15, 0.2) is 10.5 Å². The molecule has 0 atom stereocenters. The van der Waals surface area contributed by atoms with Crippen LogP contribution in [0.15, 0.2) is 5.03 Å². The van der Waals surface area contributed by atoms with Gasteiger partial charge in [-0.1, -0.05) is 12.1 Å². The predicted octanol–water partition coefficient (Wildman–Crippen LogP) is 0.254. The summed E-state index contributed by atoms with van der Waals surface area (Å²) in [6.07, 6.45) is -1.22. The highest BCUT2D eigenvalue weighted by Crippen LogP contribution is 2.21. The van der Waals surface area contributed by atoms with E-state index in [9.17, 15) is 4.79 Å². The van der Waals surface area contributed by atoms with Crippen LogP contribution in [0.1, 0.15) is 6.92 Å². The zero-order valence-corrected chi connectivity index (χ0v) is 8.47. The van der Waals surface area contributed by atoms with Gasteiger partial charge in [-0.05, 0) is 11.0 Å². The van der Waals surface area contributed by atoms with Crippen LogP contribution in [-0.2, 0) is 0 Å². The van der Waals surface area contributed by atoms with Crippen molar-refractivity contribution in [2.45, 2.75) is 11.9 Å². The molecule has 0 saturated heterocycles. The van der Waals surface area contributed by atoms with E-state index in [1.165, 1.54) is 11.8 Å². The summed E-state index contributed by atoms with van der Waals surface area (Å²) in [5.74, 6) is 0.749. The second-order valence-corrected chi connectivity index (χ2v) is 3.74. The average molecular weight is 226 g/mol. The van der Waals surface area contributed by atoms with E-state index in [2.05, 4.69) is 25.7 Å². The van der Waals surface area contributed by atoms with Gasteiger partial charge in [0.05, 0.1) is 0 Å². The summed E-state index contributed by atoms with van der Waals surface area (Å²) in [6, 6.07) is 0. The summed E-state index contributed by atoms with van der Waals surface area (Å²) in [7, 11) is 0. The third-order valence-corrected chi connectivity index (χ3v) is 2.43. The molecule has 0 amide bonds. The lowest BCUT2D eigenvalue weighted by atomic mass is 10.6. The van der Waals surface area contributed by atoms with Crippen LogP contribution in [-0.4, -0.2) is 47.4 Å². The maximum absolute atomic E-state index is 10.8. The number of carbonyl (C=O) groups is 1. The maximum atomic E-state index is 10.8. The quantitative estimate of drug-likeness (QED) is 0.726. The number of thioether (sulfide) groups is 1. The zero-order valence-electron chi connectivity index (χ0n) is 7.65. The lowest BCUT2D eigenvalue weighted by Crippen LogP contribution is -2.10. The van der Waals surface area contributed by atoms with E-state index in [-0.39, 0.29) is 11.2 Å². The Morgan fingerprint density at radius 3 is 2.93 bits per heavy atom. The molecule has 8 nitrogen and oxygen atoms in total. The van der Waals surface area contributed by atoms with Gasteiger partial charge in [0.2, 0.25) is 5.65 Å². The first kappa shape index (κ1) is 9.77. The fourth-order valence-corrected chi connectivity index (χ4v) is 1.73. The first-order chi connectivity index (χ1) is 7.24. The second-order valence-electron chi connectivity index (χ2n) is 2.48. The van der Waals surface area contributed by atoms with Crippen molar-refractivity contribution in [3.05, 3.63) is 0 Å². The number of hydrogen-bond donors (Lipinski definition) is 1. The lowest BCUT2D eigenvalue weighted by molar-refractivity contribution is 0.193. The van der Waals surface area contributed by atoms with Crippen LogP contribution >= 0.6 is 11.8 Å². The monoisotopic (exact) mass is 226 g/mol. The van der Waals surface area contributed by atoms with Gasteiger partial charge in [0.25, 0.3) is 0 Å². The summed E-state index contributed by atoms with van der Waals surface area (Å²) in [5, 5.41) is 27.2. The fourth-order valence-electron chi connectivity index (χ4n) is 1.05. The minimum absolute atomic E-state index is 0.184. The Bertz CT molecular complexity index is 511. The van der Waals surface area contributed by atoms with E-state index in [1.807, 2.05) is 6.92 Å². The van der Waals surface area contributed by atoms with Crippen molar-refractivity contribution >= 4 is 29.0 Å². The van der Waals surface area contributed by atoms with Crippen molar-refractivity contribution in [2.24, 2.45) is 0 Å². The van der Waals surface area contributed by atoms with Crippen LogP contribution in [0.3, 0.4) is 0 Å². The van der Waals surface area contributed by atoms with Crippen molar-refractivity contribution < 1.29 is 9.90 Å². The summed E-state index contributed by atoms with van der Waals surface area (Å²) in [6.45, 7) is 1.92. The Morgan fingerprint density at radius 1 is 1.47 bits per heavy atom. The Morgan fingerprint density at radius 2 is 2.27 bits per heavy atom. The maximum Gasteiger partial charge on any atom is 0.434 e. The Kier molecular flexibility index (Phi) is 2.46. The Balaban J connectivity index is 2.69. The zero-order chi connectivity index (χ0) is 10.8. The molecule has 0 fully saturated rings. The van der Waals surface area contributed by atoms with Gasteiger partial charge in [0.1, 0.15) is 0 Å². The highest BCUT2D eigenvalue weighted by Gasteiger charge is 2.16. The molecule has 2 rings (SSSR count). The number of nitrogens with zero attached hydrogens (tertiary/aromatic N) is 6. The van der Waals surface area contributed by atoms with Gasteiger partial charge < -0.3 is 5.11 Å². The minimum atomic E-state index is -1.22. The normalized spacial score (nSPS) is 10.7. The fraction of sp³-hybridized carbons (Fsp3) is 0.333. The van der Waals surface area contributed by atoms with E-state index in [1.54, 1.807) is 0 Å². The molecule has 0 aliphatic carbocycles. The third kappa shape index (κ3) is 1.61. The number of aromatic nitrogens is 6. The van der Waals surface area contributed by atoms with Crippen molar-refractivity contribution in [3.63, 3.8) is 0 Å². The molecule has 1 N–H and O–H groups in total. The molecule has 0 aliphatic heterocycles. The summed E-state index contributed by atoms with van der Waals surface area (Å²) < 4.78 is 0.745. The molecule has 2 aromatic rings. The van der Waals surface area contributed by atoms with Crippen LogP contribution in [0.2, 0.25) is 0 Å². The smallest absolute Gasteiger partial charge is 0.434 e. The second kappa shape index (κ2) is 3.77. The van der Waals surface area contributed by atoms with Gasteiger partial charge in [-0.3, -0.25) is 0 Å². The first-order valence-corrected chi connectivity index (χ1v) is 5.03. The van der Waals surface area contributed by atoms with Crippen LogP contribution in [0.4, 0.5) is 4.79 Å². The predicted molar refractivity (Wildman–Crippen MR) is 50.7 cm³/mol. The topological polar surface area (TPSA) is 107 Å². The van der Waals surface area contributed by atoms with Gasteiger partial charge in [0, 0.05) is 0 Å². The molecule has 0 saturated carbocycles. The van der Waals surface area contributed by atoms with Crippen LogP contribution in [0.25, 0.3) is 11.2 Å². The van der Waals surface area contributed by atoms with Gasteiger partial charge in [-0.15, -0.1) is 31.7 Å². The van der Waals surface area contributed by atoms with E-state index in [0.29, 0.717) is 5.03 Å². The molecular formula is C6H6N6O2S. The number of hydrogen-bond acceptors (Lipinski definition) is 7. The van der Waals surface area contributed by atoms with Crippen LogP contribution in [0, 0.1) is 0 Å². The molecule has 0 aromatic carbocycles. The van der Waals surface area contributed by atoms with Crippen molar-refractivity contribution in [2.75, 3.05) is 5.75 Å². The molecule has 9 heteroatoms. The van der Waals surface area contributed by atoms with E-state index < -0.39 is 6.09 Å². The Hall–Kier alpha value is -1.77. The Labute approximate surface area is 87.7 Å². The van der Waals surface area contributed by atoms with Gasteiger partial charge in [-0.2, -0.15) is 0 Å². The standard InChI is InChI=1S/C6H6N6O2S/c1-2-15-5-3-4(7-10-9-5)8-11-12(3)6(13)14/h2H2,1H3,(H,13,14). The molecule has 2 aromatic heterocycles. The summed E-state index contributed by atoms with van der Waals surface area (Å²) >= 11 is 1.36. The highest BCUT2D eigenvalue weighted by atomic mass is 32.2. The molecule has 0 spiro atoms. The number of carboxylic acid groups (broad SMARTS) is 1. The molecule has 78 valence electrons. The summed E-state index contributed by atoms with van der Waals surface area (Å²) in [5.41, 5.74) is 0.465. The SMILES string of the molecule is CCSc1nnnc2nnn(C(=O)O)c12. The van der Waals surface area contributed by atoms with Gasteiger partial charge in [-0.25, -0.2) is 4.79 Å². The van der Waals surface area contributed by atoms with Crippen LogP contribution in [0.5, 0.6) is 0 Å². The largest absolute Gasteiger partial charge is 0.463 e. The molecule has 2 heterocycles. The number of fused-ring (bicyclic) bond motifs is 1. The van der Waals surface area contributed by atoms with Crippen molar-refractivity contribution in [1.82, 2.24) is 30.4 Å². The third-order valence-electron chi connectivity index (χ3n) is 1.59. The molecule has 0 unspecified atom stereocenters. The molecule has 0 radical (unpaired) electrons. The van der Waals surface area contributed by atoms with Crippen molar-refractivity contribution in [3.8, 4) is 0 Å². The van der Waals surface area contributed by atoms with E-state index in [0.717, 1.165) is 10.4 Å². The first-order valence-electron chi connectivity index (χ1n) is 4.05. The van der Waals surface area contributed by atoms with E-state index in [4.69, 9.17) is 5.11 Å². The molecule has 0 aliphatic rings. The minimum Gasteiger partial charge on any atom is -0.463 e. The van der Waals surface area contributed by atoms with Crippen LogP contribution < -0.4 is 0 Å². The molecular weight excluding hydrogens is 220 g/mol. The molecule has 15 heavy (non-hydrogen) atoms.